The molecule has 3 aromatic rings. The number of piperidine rings is 1. The molecule has 3 heteroatoms. The van der Waals surface area contributed by atoms with Gasteiger partial charge < -0.3 is 4.98 Å². The number of aromatic amines is 1. The Labute approximate surface area is 190 Å². The number of H-pyrrole nitrogens is 1. The summed E-state index contributed by atoms with van der Waals surface area (Å²) in [5.41, 5.74) is 6.47. The largest absolute Gasteiger partial charge is 0.357 e. The first-order chi connectivity index (χ1) is 15.7. The Morgan fingerprint density at radius 3 is 2.72 bits per heavy atom. The first-order valence-corrected chi connectivity index (χ1v) is 12.3. The number of allylic oxidation sites excluding steroid dienone is 1. The van der Waals surface area contributed by atoms with Crippen LogP contribution >= 0.6 is 0 Å². The molecule has 6 rings (SSSR count). The molecule has 3 atom stereocenters. The van der Waals surface area contributed by atoms with Crippen LogP contribution < -0.4 is 0 Å². The van der Waals surface area contributed by atoms with E-state index in [0.29, 0.717) is 24.0 Å². The van der Waals surface area contributed by atoms with Crippen LogP contribution in [-0.4, -0.2) is 28.8 Å². The summed E-state index contributed by atoms with van der Waals surface area (Å²) in [7, 11) is 0. The Morgan fingerprint density at radius 2 is 1.88 bits per heavy atom. The summed E-state index contributed by atoms with van der Waals surface area (Å²) in [5, 5.41) is 1.40. The number of Topliss-reactive ketones (excluding diaryl/α,β-unsaturated/α-hetero) is 1. The molecule has 164 valence electrons. The third-order valence-electron chi connectivity index (χ3n) is 8.33. The zero-order valence-electron chi connectivity index (χ0n) is 18.9. The van der Waals surface area contributed by atoms with Crippen molar-refractivity contribution in [2.75, 3.05) is 13.1 Å². The Morgan fingerprint density at radius 1 is 1.06 bits per heavy atom. The number of nitrogens with zero attached hydrogens (tertiary/aromatic N) is 1. The van der Waals surface area contributed by atoms with E-state index >= 15 is 0 Å². The lowest BCUT2D eigenvalue weighted by atomic mass is 9.63. The number of rotatable bonds is 3. The molecule has 0 spiro atoms. The van der Waals surface area contributed by atoms with Gasteiger partial charge in [-0.2, -0.15) is 0 Å². The third-order valence-corrected chi connectivity index (χ3v) is 8.33. The lowest BCUT2D eigenvalue weighted by molar-refractivity contribution is -0.121. The maximum atomic E-state index is 13.2. The van der Waals surface area contributed by atoms with Crippen molar-refractivity contribution in [2.24, 2.45) is 11.8 Å². The van der Waals surface area contributed by atoms with Gasteiger partial charge in [-0.25, -0.2) is 0 Å². The second kappa shape index (κ2) is 7.74. The maximum absolute atomic E-state index is 13.2. The fraction of sp³-hybridized carbons (Fsp3) is 0.414. The minimum Gasteiger partial charge on any atom is -0.357 e. The number of aromatic nitrogens is 1. The van der Waals surface area contributed by atoms with Gasteiger partial charge >= 0.3 is 0 Å². The molecule has 0 bridgehead atoms. The van der Waals surface area contributed by atoms with E-state index in [9.17, 15) is 4.79 Å². The number of carbonyl (C=O) groups excluding carboxylic acids is 1. The van der Waals surface area contributed by atoms with Crippen molar-refractivity contribution < 1.29 is 4.79 Å². The number of hydrogen-bond acceptors (Lipinski definition) is 2. The minimum atomic E-state index is 0.0590. The van der Waals surface area contributed by atoms with E-state index < -0.39 is 0 Å². The second-order valence-corrected chi connectivity index (χ2v) is 10.1. The van der Waals surface area contributed by atoms with Gasteiger partial charge in [-0.3, -0.25) is 9.69 Å². The summed E-state index contributed by atoms with van der Waals surface area (Å²) in [5.74, 6) is 1.43. The topological polar surface area (TPSA) is 36.1 Å². The number of carbonyl (C=O) groups is 1. The van der Waals surface area contributed by atoms with E-state index in [1.807, 2.05) is 18.2 Å². The van der Waals surface area contributed by atoms with Gasteiger partial charge in [0.05, 0.1) is 5.54 Å². The highest BCUT2D eigenvalue weighted by Gasteiger charge is 2.51. The van der Waals surface area contributed by atoms with Gasteiger partial charge in [0, 0.05) is 36.1 Å². The van der Waals surface area contributed by atoms with Crippen LogP contribution in [0.3, 0.4) is 0 Å². The molecule has 3 aliphatic rings. The van der Waals surface area contributed by atoms with Crippen LogP contribution in [0, 0.1) is 11.8 Å². The van der Waals surface area contributed by atoms with Crippen LogP contribution in [0.15, 0.2) is 60.2 Å². The maximum Gasteiger partial charge on any atom is 0.159 e. The average molecular weight is 425 g/mol. The molecular weight excluding hydrogens is 392 g/mol. The Balaban J connectivity index is 1.36. The molecule has 0 unspecified atom stereocenters. The summed E-state index contributed by atoms with van der Waals surface area (Å²) in [4.78, 5) is 19.8. The van der Waals surface area contributed by atoms with Crippen molar-refractivity contribution in [3.05, 3.63) is 77.0 Å². The van der Waals surface area contributed by atoms with Crippen molar-refractivity contribution >= 4 is 22.8 Å². The predicted molar refractivity (Wildman–Crippen MR) is 130 cm³/mol. The van der Waals surface area contributed by atoms with Crippen molar-refractivity contribution in [1.29, 1.82) is 0 Å². The SMILES string of the molecule is CCC[C@@]12C[C@@H]3CC(=O)/C(=C\c4ccccc4)C[C@H]3CN1CCc1c2[nH]c2ccccc12. The zero-order chi connectivity index (χ0) is 21.7. The minimum absolute atomic E-state index is 0.0590. The van der Waals surface area contributed by atoms with Gasteiger partial charge in [-0.05, 0) is 66.4 Å². The Bertz CT molecular complexity index is 1190. The highest BCUT2D eigenvalue weighted by Crippen LogP contribution is 2.52. The first kappa shape index (κ1) is 20.0. The number of benzene rings is 2. The molecule has 0 radical (unpaired) electrons. The molecule has 3 nitrogen and oxygen atoms in total. The molecule has 1 saturated carbocycles. The van der Waals surface area contributed by atoms with Gasteiger partial charge in [-0.1, -0.05) is 61.9 Å². The Hall–Kier alpha value is -2.65. The van der Waals surface area contributed by atoms with E-state index in [4.69, 9.17) is 0 Å². The van der Waals surface area contributed by atoms with Crippen LogP contribution in [0.2, 0.25) is 0 Å². The fourth-order valence-corrected chi connectivity index (χ4v) is 6.93. The molecule has 2 fully saturated rings. The number of nitrogens with one attached hydrogen (secondary N) is 1. The summed E-state index contributed by atoms with van der Waals surface area (Å²) < 4.78 is 0. The number of hydrogen-bond donors (Lipinski definition) is 1. The normalized spacial score (nSPS) is 29.0. The van der Waals surface area contributed by atoms with Crippen LogP contribution in [0.1, 0.15) is 55.8 Å². The summed E-state index contributed by atoms with van der Waals surface area (Å²) in [6, 6.07) is 19.1. The molecule has 3 heterocycles. The van der Waals surface area contributed by atoms with Gasteiger partial charge in [0.25, 0.3) is 0 Å². The van der Waals surface area contributed by atoms with E-state index in [2.05, 4.69) is 59.3 Å². The van der Waals surface area contributed by atoms with Crippen LogP contribution in [0.5, 0.6) is 0 Å². The monoisotopic (exact) mass is 424 g/mol. The molecule has 1 aliphatic carbocycles. The van der Waals surface area contributed by atoms with Gasteiger partial charge in [-0.15, -0.1) is 0 Å². The van der Waals surface area contributed by atoms with E-state index in [-0.39, 0.29) is 5.54 Å². The van der Waals surface area contributed by atoms with Crippen molar-refractivity contribution in [1.82, 2.24) is 9.88 Å². The van der Waals surface area contributed by atoms with Crippen LogP contribution in [-0.2, 0) is 16.8 Å². The molecule has 2 aromatic carbocycles. The quantitative estimate of drug-likeness (QED) is 0.515. The average Bonchev–Trinajstić information content (AvgIpc) is 3.19. The summed E-state index contributed by atoms with van der Waals surface area (Å²) in [6.45, 7) is 4.55. The zero-order valence-corrected chi connectivity index (χ0v) is 18.9. The smallest absolute Gasteiger partial charge is 0.159 e. The molecule has 0 amide bonds. The number of ketones is 1. The van der Waals surface area contributed by atoms with Gasteiger partial charge in [0.1, 0.15) is 0 Å². The number of fused-ring (bicyclic) bond motifs is 6. The van der Waals surface area contributed by atoms with Crippen molar-refractivity contribution in [3.63, 3.8) is 0 Å². The van der Waals surface area contributed by atoms with Crippen molar-refractivity contribution in [2.45, 2.75) is 51.0 Å². The van der Waals surface area contributed by atoms with Gasteiger partial charge in [0.2, 0.25) is 0 Å². The lowest BCUT2D eigenvalue weighted by Crippen LogP contribution is -2.58. The predicted octanol–water partition coefficient (Wildman–Crippen LogP) is 6.10. The second-order valence-electron chi connectivity index (χ2n) is 10.1. The molecule has 1 saturated heterocycles. The van der Waals surface area contributed by atoms with E-state index in [1.165, 1.54) is 22.2 Å². The highest BCUT2D eigenvalue weighted by atomic mass is 16.1. The van der Waals surface area contributed by atoms with Gasteiger partial charge in [0.15, 0.2) is 5.78 Å². The third kappa shape index (κ3) is 3.09. The highest BCUT2D eigenvalue weighted by molar-refractivity contribution is 6.00. The fourth-order valence-electron chi connectivity index (χ4n) is 6.93. The molecular formula is C29H32N2O. The van der Waals surface area contributed by atoms with Crippen LogP contribution in [0.25, 0.3) is 17.0 Å². The molecule has 2 aliphatic heterocycles. The molecule has 1 aromatic heterocycles. The first-order valence-electron chi connectivity index (χ1n) is 12.3. The summed E-state index contributed by atoms with van der Waals surface area (Å²) >= 11 is 0. The molecule has 1 N–H and O–H groups in total. The number of para-hydroxylation sites is 1. The van der Waals surface area contributed by atoms with Crippen molar-refractivity contribution in [3.8, 4) is 0 Å². The Kier molecular flexibility index (Phi) is 4.83. The molecule has 32 heavy (non-hydrogen) atoms. The van der Waals surface area contributed by atoms with E-state index in [0.717, 1.165) is 56.3 Å². The van der Waals surface area contributed by atoms with Crippen LogP contribution in [0.4, 0.5) is 0 Å². The standard InChI is InChI=1S/C29H32N2O/c1-2-13-29-18-22-17-27(32)21(15-20-8-4-3-5-9-20)16-23(22)19-31(29)14-12-25-24-10-6-7-11-26(24)30-28(25)29/h3-11,15,22-23,30H,2,12-14,16-19H2,1H3/b21-15-/t22-,23-,29-/m0/s1. The van der Waals surface area contributed by atoms with E-state index in [1.54, 1.807) is 0 Å². The lowest BCUT2D eigenvalue weighted by Gasteiger charge is -2.56. The summed E-state index contributed by atoms with van der Waals surface area (Å²) in [6.07, 6.45) is 8.32.